The number of unbranched alkanes of at least 4 members (excludes halogenated alkanes) is 2. The molecule has 0 aliphatic heterocycles. The molecule has 0 aliphatic rings. The van der Waals surface area contributed by atoms with Crippen molar-refractivity contribution in [1.82, 2.24) is 5.32 Å². The van der Waals surface area contributed by atoms with Crippen LogP contribution < -0.4 is 5.32 Å². The number of aliphatic hydroxyl groups excluding tert-OH is 1. The third-order valence-electron chi connectivity index (χ3n) is 5.14. The summed E-state index contributed by atoms with van der Waals surface area (Å²) in [6.45, 7) is 3.93. The van der Waals surface area contributed by atoms with Crippen molar-refractivity contribution in [3.05, 3.63) is 70.2 Å². The maximum absolute atomic E-state index is 11.9. The average molecular weight is 434 g/mol. The zero-order chi connectivity index (χ0) is 19.5. The molecule has 4 heteroatoms. The molecule has 0 aliphatic carbocycles. The Morgan fingerprint density at radius 3 is 2.33 bits per heavy atom. The van der Waals surface area contributed by atoms with Crippen LogP contribution in [0.1, 0.15) is 56.1 Å². The van der Waals surface area contributed by atoms with Crippen LogP contribution in [0.25, 0.3) is 0 Å². The van der Waals surface area contributed by atoms with Gasteiger partial charge >= 0.3 is 0 Å². The number of hydrogen-bond acceptors (Lipinski definition) is 3. The van der Waals surface area contributed by atoms with E-state index in [-0.39, 0.29) is 12.5 Å². The van der Waals surface area contributed by atoms with Crippen molar-refractivity contribution in [1.29, 1.82) is 0 Å². The van der Waals surface area contributed by atoms with E-state index in [4.69, 9.17) is 5.11 Å². The van der Waals surface area contributed by atoms with Crippen molar-refractivity contribution in [2.24, 2.45) is 0 Å². The van der Waals surface area contributed by atoms with Crippen LogP contribution in [0.5, 0.6) is 0 Å². The smallest absolute Gasteiger partial charge is 0.0976 e. The van der Waals surface area contributed by atoms with Gasteiger partial charge in [-0.1, -0.05) is 78.2 Å². The second kappa shape index (κ2) is 11.6. The third kappa shape index (κ3) is 6.42. The number of aliphatic hydroxyl groups is 2. The molecule has 0 saturated heterocycles. The molecule has 0 heterocycles. The number of nitrogens with one attached hydrogen (secondary N) is 1. The van der Waals surface area contributed by atoms with Crippen LogP contribution >= 0.6 is 15.9 Å². The van der Waals surface area contributed by atoms with Crippen LogP contribution in [0.4, 0.5) is 0 Å². The zero-order valence-corrected chi connectivity index (χ0v) is 17.8. The van der Waals surface area contributed by atoms with Gasteiger partial charge in [0.25, 0.3) is 0 Å². The highest BCUT2D eigenvalue weighted by molar-refractivity contribution is 9.10. The van der Waals surface area contributed by atoms with Gasteiger partial charge in [-0.2, -0.15) is 0 Å². The van der Waals surface area contributed by atoms with Crippen LogP contribution in [0.3, 0.4) is 0 Å². The van der Waals surface area contributed by atoms with E-state index in [1.807, 2.05) is 42.5 Å². The molecule has 2 aromatic carbocycles. The Morgan fingerprint density at radius 1 is 1.00 bits per heavy atom. The van der Waals surface area contributed by atoms with Crippen molar-refractivity contribution >= 4 is 15.9 Å². The summed E-state index contributed by atoms with van der Waals surface area (Å²) in [7, 11) is 0. The van der Waals surface area contributed by atoms with E-state index in [0.29, 0.717) is 6.54 Å². The van der Waals surface area contributed by atoms with Crippen LogP contribution in [-0.4, -0.2) is 29.9 Å². The molecule has 0 bridgehead atoms. The van der Waals surface area contributed by atoms with Crippen molar-refractivity contribution in [3.63, 3.8) is 0 Å². The van der Waals surface area contributed by atoms with E-state index in [1.54, 1.807) is 0 Å². The first-order chi connectivity index (χ1) is 13.1. The minimum absolute atomic E-state index is 0.0412. The third-order valence-corrected chi connectivity index (χ3v) is 5.67. The van der Waals surface area contributed by atoms with Crippen LogP contribution in [-0.2, 0) is 5.60 Å². The fourth-order valence-corrected chi connectivity index (χ4v) is 3.82. The SMILES string of the molecule is CCCC[C@](O)(c1ccc(Br)cc1)[C@H](CNCCCCO)c1ccccc1. The van der Waals surface area contributed by atoms with Gasteiger partial charge in [0, 0.05) is 23.5 Å². The summed E-state index contributed by atoms with van der Waals surface area (Å²) in [6, 6.07) is 18.4. The van der Waals surface area contributed by atoms with E-state index >= 15 is 0 Å². The molecule has 3 N–H and O–H groups in total. The minimum Gasteiger partial charge on any atom is -0.396 e. The Hall–Kier alpha value is -1.20. The lowest BCUT2D eigenvalue weighted by atomic mass is 9.74. The molecular weight excluding hydrogens is 402 g/mol. The summed E-state index contributed by atoms with van der Waals surface area (Å²) in [4.78, 5) is 0. The van der Waals surface area contributed by atoms with Gasteiger partial charge in [0.15, 0.2) is 0 Å². The molecule has 27 heavy (non-hydrogen) atoms. The molecule has 0 spiro atoms. The quantitative estimate of drug-likeness (QED) is 0.414. The summed E-state index contributed by atoms with van der Waals surface area (Å²) >= 11 is 3.50. The van der Waals surface area contributed by atoms with Crippen molar-refractivity contribution < 1.29 is 10.2 Å². The second-order valence-corrected chi connectivity index (χ2v) is 8.05. The van der Waals surface area contributed by atoms with Gasteiger partial charge in [0.2, 0.25) is 0 Å². The summed E-state index contributed by atoms with van der Waals surface area (Å²) in [5.74, 6) is -0.0412. The predicted octanol–water partition coefficient (Wildman–Crippen LogP) is 4.97. The molecule has 2 rings (SSSR count). The lowest BCUT2D eigenvalue weighted by Crippen LogP contribution is -2.39. The maximum Gasteiger partial charge on any atom is 0.0976 e. The van der Waals surface area contributed by atoms with E-state index < -0.39 is 5.60 Å². The normalized spacial score (nSPS) is 14.7. The molecule has 2 aromatic rings. The van der Waals surface area contributed by atoms with Gasteiger partial charge in [-0.05, 0) is 49.1 Å². The first kappa shape index (κ1) is 22.1. The summed E-state index contributed by atoms with van der Waals surface area (Å²) in [5.41, 5.74) is 1.18. The topological polar surface area (TPSA) is 52.5 Å². The van der Waals surface area contributed by atoms with E-state index in [1.165, 1.54) is 0 Å². The summed E-state index contributed by atoms with van der Waals surface area (Å²) < 4.78 is 1.02. The highest BCUT2D eigenvalue weighted by Crippen LogP contribution is 2.41. The Kier molecular flexibility index (Phi) is 9.49. The van der Waals surface area contributed by atoms with Crippen molar-refractivity contribution in [2.75, 3.05) is 19.7 Å². The fourth-order valence-electron chi connectivity index (χ4n) is 3.56. The van der Waals surface area contributed by atoms with Gasteiger partial charge in [-0.25, -0.2) is 0 Å². The lowest BCUT2D eigenvalue weighted by Gasteiger charge is -2.38. The molecular formula is C23H32BrNO2. The zero-order valence-electron chi connectivity index (χ0n) is 16.2. The Balaban J connectivity index is 2.32. The monoisotopic (exact) mass is 433 g/mol. The highest BCUT2D eigenvalue weighted by Gasteiger charge is 2.38. The van der Waals surface area contributed by atoms with E-state index in [9.17, 15) is 5.11 Å². The Morgan fingerprint density at radius 2 is 1.70 bits per heavy atom. The van der Waals surface area contributed by atoms with Gasteiger partial charge in [-0.3, -0.25) is 0 Å². The Bertz CT molecular complexity index is 647. The molecule has 0 fully saturated rings. The van der Waals surface area contributed by atoms with E-state index in [0.717, 1.165) is 54.2 Å². The summed E-state index contributed by atoms with van der Waals surface area (Å²) in [6.07, 6.45) is 4.48. The number of halogens is 1. The van der Waals surface area contributed by atoms with Crippen LogP contribution in [0.15, 0.2) is 59.1 Å². The number of hydrogen-bond donors (Lipinski definition) is 3. The average Bonchev–Trinajstić information content (AvgIpc) is 2.70. The van der Waals surface area contributed by atoms with Gasteiger partial charge in [0.05, 0.1) is 5.60 Å². The van der Waals surface area contributed by atoms with Gasteiger partial charge in [-0.15, -0.1) is 0 Å². The minimum atomic E-state index is -0.929. The van der Waals surface area contributed by atoms with Gasteiger partial charge < -0.3 is 15.5 Å². The number of benzene rings is 2. The van der Waals surface area contributed by atoms with Crippen molar-refractivity contribution in [3.8, 4) is 0 Å². The predicted molar refractivity (Wildman–Crippen MR) is 116 cm³/mol. The second-order valence-electron chi connectivity index (χ2n) is 7.13. The maximum atomic E-state index is 11.9. The molecule has 0 aromatic heterocycles. The molecule has 0 amide bonds. The lowest BCUT2D eigenvalue weighted by molar-refractivity contribution is -0.00369. The highest BCUT2D eigenvalue weighted by atomic mass is 79.9. The fraction of sp³-hybridized carbons (Fsp3) is 0.478. The van der Waals surface area contributed by atoms with Crippen molar-refractivity contribution in [2.45, 2.75) is 50.5 Å². The summed E-state index contributed by atoms with van der Waals surface area (Å²) in [5, 5.41) is 24.4. The number of rotatable bonds is 12. The van der Waals surface area contributed by atoms with Crippen LogP contribution in [0.2, 0.25) is 0 Å². The molecule has 3 nitrogen and oxygen atoms in total. The molecule has 0 saturated carbocycles. The molecule has 0 unspecified atom stereocenters. The van der Waals surface area contributed by atoms with Gasteiger partial charge in [0.1, 0.15) is 0 Å². The molecule has 0 radical (unpaired) electrons. The van der Waals surface area contributed by atoms with Crippen LogP contribution in [0, 0.1) is 0 Å². The largest absolute Gasteiger partial charge is 0.396 e. The molecule has 148 valence electrons. The Labute approximate surface area is 172 Å². The standard InChI is InChI=1S/C23H32BrNO2/c1-2-3-15-23(27,20-11-13-21(24)14-12-20)22(18-25-16-7-8-17-26)19-9-5-4-6-10-19/h4-6,9-14,22,25-27H,2-3,7-8,15-18H2,1H3/t22-,23+/m1/s1. The molecule has 2 atom stereocenters. The first-order valence-corrected chi connectivity index (χ1v) is 10.8. The first-order valence-electron chi connectivity index (χ1n) is 9.96. The van der Waals surface area contributed by atoms with E-state index in [2.05, 4.69) is 40.3 Å².